The lowest BCUT2D eigenvalue weighted by molar-refractivity contribution is 0.0197. The standard InChI is InChI=1S/C17H22BrN3O2/c1-17(2,3)23-16(22)21-7-4-5-12(10-21)14-11-20-8-6-13(18)9-15(20)19-14/h6,8-9,11-12H,4-5,7,10H2,1-3H3. The molecule has 0 aromatic carbocycles. The van der Waals surface area contributed by atoms with E-state index in [1.165, 1.54) is 0 Å². The van der Waals surface area contributed by atoms with Crippen molar-refractivity contribution in [2.45, 2.75) is 45.1 Å². The highest BCUT2D eigenvalue weighted by Gasteiger charge is 2.29. The first-order valence-corrected chi connectivity index (χ1v) is 8.73. The molecule has 1 unspecified atom stereocenters. The number of hydrogen-bond donors (Lipinski definition) is 0. The van der Waals surface area contributed by atoms with Gasteiger partial charge >= 0.3 is 6.09 Å². The van der Waals surface area contributed by atoms with Gasteiger partial charge in [0, 0.05) is 35.9 Å². The number of pyridine rings is 1. The molecule has 6 heteroatoms. The third-order valence-electron chi connectivity index (χ3n) is 3.93. The van der Waals surface area contributed by atoms with Crippen molar-refractivity contribution < 1.29 is 9.53 Å². The van der Waals surface area contributed by atoms with E-state index >= 15 is 0 Å². The van der Waals surface area contributed by atoms with Crippen LogP contribution in [0.2, 0.25) is 0 Å². The minimum Gasteiger partial charge on any atom is -0.444 e. The third-order valence-corrected chi connectivity index (χ3v) is 4.43. The number of fused-ring (bicyclic) bond motifs is 1. The maximum atomic E-state index is 12.3. The lowest BCUT2D eigenvalue weighted by Gasteiger charge is -2.33. The normalized spacial score (nSPS) is 19.1. The summed E-state index contributed by atoms with van der Waals surface area (Å²) in [5.41, 5.74) is 1.50. The van der Waals surface area contributed by atoms with Crippen LogP contribution in [0.5, 0.6) is 0 Å². The summed E-state index contributed by atoms with van der Waals surface area (Å²) < 4.78 is 8.53. The number of imidazole rings is 1. The fourth-order valence-corrected chi connectivity index (χ4v) is 3.21. The summed E-state index contributed by atoms with van der Waals surface area (Å²) in [7, 11) is 0. The fraction of sp³-hybridized carbons (Fsp3) is 0.529. The van der Waals surface area contributed by atoms with Crippen LogP contribution in [-0.4, -0.2) is 39.1 Å². The number of rotatable bonds is 1. The van der Waals surface area contributed by atoms with Gasteiger partial charge in [0.15, 0.2) is 0 Å². The molecule has 1 atom stereocenters. The van der Waals surface area contributed by atoms with Crippen molar-refractivity contribution in [3.05, 3.63) is 34.7 Å². The van der Waals surface area contributed by atoms with Crippen LogP contribution in [0, 0.1) is 0 Å². The number of carbonyl (C=O) groups is 1. The van der Waals surface area contributed by atoms with Gasteiger partial charge in [0.25, 0.3) is 0 Å². The van der Waals surface area contributed by atoms with Crippen molar-refractivity contribution in [1.82, 2.24) is 14.3 Å². The monoisotopic (exact) mass is 379 g/mol. The Morgan fingerprint density at radius 1 is 1.43 bits per heavy atom. The van der Waals surface area contributed by atoms with E-state index in [-0.39, 0.29) is 12.0 Å². The molecule has 0 saturated carbocycles. The van der Waals surface area contributed by atoms with Gasteiger partial charge in [-0.15, -0.1) is 0 Å². The molecule has 2 aromatic rings. The van der Waals surface area contributed by atoms with E-state index in [2.05, 4.69) is 22.1 Å². The Morgan fingerprint density at radius 2 is 2.22 bits per heavy atom. The predicted molar refractivity (Wildman–Crippen MR) is 92.7 cm³/mol. The number of likely N-dealkylation sites (tertiary alicyclic amines) is 1. The molecule has 0 aliphatic carbocycles. The maximum absolute atomic E-state index is 12.3. The molecule has 1 aliphatic heterocycles. The van der Waals surface area contributed by atoms with Gasteiger partial charge in [0.1, 0.15) is 11.2 Å². The maximum Gasteiger partial charge on any atom is 0.410 e. The first-order valence-electron chi connectivity index (χ1n) is 7.94. The van der Waals surface area contributed by atoms with Crippen LogP contribution < -0.4 is 0 Å². The number of carbonyl (C=O) groups excluding carboxylic acids is 1. The van der Waals surface area contributed by atoms with E-state index in [1.54, 1.807) is 4.90 Å². The minimum absolute atomic E-state index is 0.228. The van der Waals surface area contributed by atoms with E-state index in [0.717, 1.165) is 35.2 Å². The molecule has 124 valence electrons. The Morgan fingerprint density at radius 3 is 2.96 bits per heavy atom. The second-order valence-corrected chi connectivity index (χ2v) is 7.96. The van der Waals surface area contributed by atoms with Crippen LogP contribution in [0.15, 0.2) is 29.0 Å². The van der Waals surface area contributed by atoms with Crippen molar-refractivity contribution in [2.75, 3.05) is 13.1 Å². The third kappa shape index (κ3) is 3.86. The number of nitrogens with zero attached hydrogens (tertiary/aromatic N) is 3. The first kappa shape index (κ1) is 16.3. The van der Waals surface area contributed by atoms with E-state index < -0.39 is 5.60 Å². The second kappa shape index (κ2) is 6.15. The Bertz CT molecular complexity index is 720. The quantitative estimate of drug-likeness (QED) is 0.745. The molecular weight excluding hydrogens is 358 g/mol. The van der Waals surface area contributed by atoms with Crippen molar-refractivity contribution in [3.63, 3.8) is 0 Å². The lowest BCUT2D eigenvalue weighted by Crippen LogP contribution is -2.42. The summed E-state index contributed by atoms with van der Waals surface area (Å²) in [6, 6.07) is 3.99. The van der Waals surface area contributed by atoms with Crippen LogP contribution in [0.25, 0.3) is 5.65 Å². The van der Waals surface area contributed by atoms with Gasteiger partial charge < -0.3 is 14.0 Å². The van der Waals surface area contributed by atoms with E-state index in [4.69, 9.17) is 9.72 Å². The highest BCUT2D eigenvalue weighted by Crippen LogP contribution is 2.28. The van der Waals surface area contributed by atoms with Gasteiger partial charge in [-0.05, 0) is 45.7 Å². The van der Waals surface area contributed by atoms with Gasteiger partial charge in [0.2, 0.25) is 0 Å². The highest BCUT2D eigenvalue weighted by atomic mass is 79.9. The molecular formula is C17H22BrN3O2. The van der Waals surface area contributed by atoms with Crippen molar-refractivity contribution in [3.8, 4) is 0 Å². The smallest absolute Gasteiger partial charge is 0.410 e. The molecule has 3 rings (SSSR count). The molecule has 2 aromatic heterocycles. The van der Waals surface area contributed by atoms with Crippen LogP contribution in [0.1, 0.15) is 45.2 Å². The summed E-state index contributed by atoms with van der Waals surface area (Å²) in [4.78, 5) is 18.8. The number of amides is 1. The lowest BCUT2D eigenvalue weighted by atomic mass is 9.95. The van der Waals surface area contributed by atoms with Gasteiger partial charge in [-0.2, -0.15) is 0 Å². The number of ether oxygens (including phenoxy) is 1. The topological polar surface area (TPSA) is 46.8 Å². The molecule has 1 aliphatic rings. The second-order valence-electron chi connectivity index (χ2n) is 7.04. The zero-order chi connectivity index (χ0) is 16.6. The minimum atomic E-state index is -0.459. The molecule has 23 heavy (non-hydrogen) atoms. The van der Waals surface area contributed by atoms with Gasteiger partial charge in [-0.3, -0.25) is 0 Å². The molecule has 0 radical (unpaired) electrons. The highest BCUT2D eigenvalue weighted by molar-refractivity contribution is 9.10. The number of aromatic nitrogens is 2. The fourth-order valence-electron chi connectivity index (χ4n) is 2.88. The van der Waals surface area contributed by atoms with Gasteiger partial charge in [-0.25, -0.2) is 9.78 Å². The van der Waals surface area contributed by atoms with E-state index in [0.29, 0.717) is 6.54 Å². The Hall–Kier alpha value is -1.56. The Kier molecular flexibility index (Phi) is 4.36. The Labute approximate surface area is 144 Å². The molecule has 5 nitrogen and oxygen atoms in total. The van der Waals surface area contributed by atoms with Crippen LogP contribution in [0.4, 0.5) is 4.79 Å². The average Bonchev–Trinajstić information content (AvgIpc) is 2.88. The summed E-state index contributed by atoms with van der Waals surface area (Å²) in [6.45, 7) is 7.11. The SMILES string of the molecule is CC(C)(C)OC(=O)N1CCCC(c2cn3ccc(Br)cc3n2)C1. The van der Waals surface area contributed by atoms with Gasteiger partial charge in [0.05, 0.1) is 5.69 Å². The molecule has 1 saturated heterocycles. The predicted octanol–water partition coefficient (Wildman–Crippen LogP) is 4.21. The summed E-state index contributed by atoms with van der Waals surface area (Å²) in [5.74, 6) is 0.259. The zero-order valence-electron chi connectivity index (χ0n) is 13.8. The first-order chi connectivity index (χ1) is 10.8. The van der Waals surface area contributed by atoms with Crippen LogP contribution >= 0.6 is 15.9 Å². The zero-order valence-corrected chi connectivity index (χ0v) is 15.3. The number of piperidine rings is 1. The Balaban J connectivity index is 1.75. The van der Waals surface area contributed by atoms with Crippen LogP contribution in [-0.2, 0) is 4.74 Å². The van der Waals surface area contributed by atoms with Crippen LogP contribution in [0.3, 0.4) is 0 Å². The van der Waals surface area contributed by atoms with Gasteiger partial charge in [-0.1, -0.05) is 15.9 Å². The van der Waals surface area contributed by atoms with Crippen molar-refractivity contribution in [1.29, 1.82) is 0 Å². The largest absolute Gasteiger partial charge is 0.444 e. The molecule has 1 fully saturated rings. The molecule has 3 heterocycles. The summed E-state index contributed by atoms with van der Waals surface area (Å²) in [5, 5.41) is 0. The molecule has 0 N–H and O–H groups in total. The van der Waals surface area contributed by atoms with Crippen molar-refractivity contribution >= 4 is 27.7 Å². The number of halogens is 1. The average molecular weight is 380 g/mol. The molecule has 0 bridgehead atoms. The summed E-state index contributed by atoms with van der Waals surface area (Å²) >= 11 is 3.47. The number of hydrogen-bond acceptors (Lipinski definition) is 3. The van der Waals surface area contributed by atoms with E-state index in [1.807, 2.05) is 43.5 Å². The molecule has 1 amide bonds. The molecule has 0 spiro atoms. The summed E-state index contributed by atoms with van der Waals surface area (Å²) in [6.07, 6.45) is 5.84. The van der Waals surface area contributed by atoms with Crippen molar-refractivity contribution in [2.24, 2.45) is 0 Å². The van der Waals surface area contributed by atoms with E-state index in [9.17, 15) is 4.79 Å².